The quantitative estimate of drug-likeness (QED) is 0.762. The van der Waals surface area contributed by atoms with Gasteiger partial charge in [-0.25, -0.2) is 0 Å². The van der Waals surface area contributed by atoms with Gasteiger partial charge in [0, 0.05) is 5.56 Å². The molecular formula is C19H23NO. The highest BCUT2D eigenvalue weighted by molar-refractivity contribution is 6.10. The molecule has 0 bridgehead atoms. The van der Waals surface area contributed by atoms with Crippen molar-refractivity contribution in [3.05, 3.63) is 48.0 Å². The van der Waals surface area contributed by atoms with Crippen LogP contribution in [0.15, 0.2) is 42.5 Å². The second kappa shape index (κ2) is 6.40. The van der Waals surface area contributed by atoms with Crippen molar-refractivity contribution in [1.82, 2.24) is 4.90 Å². The van der Waals surface area contributed by atoms with Gasteiger partial charge >= 0.3 is 0 Å². The first-order valence-corrected chi connectivity index (χ1v) is 8.07. The number of rotatable bonds is 5. The van der Waals surface area contributed by atoms with Gasteiger partial charge < -0.3 is 0 Å². The Morgan fingerprint density at radius 2 is 1.81 bits per heavy atom. The van der Waals surface area contributed by atoms with Crippen LogP contribution < -0.4 is 0 Å². The van der Waals surface area contributed by atoms with Crippen molar-refractivity contribution in [2.24, 2.45) is 0 Å². The maximum absolute atomic E-state index is 13.1. The first kappa shape index (κ1) is 14.3. The van der Waals surface area contributed by atoms with E-state index in [0.717, 1.165) is 42.3 Å². The highest BCUT2D eigenvalue weighted by atomic mass is 16.1. The topological polar surface area (TPSA) is 20.3 Å². The summed E-state index contributed by atoms with van der Waals surface area (Å²) in [5.74, 6) is 0.301. The van der Waals surface area contributed by atoms with Crippen LogP contribution in [0.3, 0.4) is 0 Å². The lowest BCUT2D eigenvalue weighted by molar-refractivity contribution is 0.0839. The van der Waals surface area contributed by atoms with E-state index in [9.17, 15) is 4.79 Å². The molecule has 1 atom stereocenters. The standard InChI is InChI=1S/C19H23NO/c1-2-8-18(20-13-5-6-14-20)19(21)17-12-7-10-15-9-3-4-11-16(15)17/h3-4,7,9-12,18H,2,5-6,8,13-14H2,1H3/t18-/m1/s1. The van der Waals surface area contributed by atoms with E-state index in [-0.39, 0.29) is 6.04 Å². The third-order valence-electron chi connectivity index (χ3n) is 4.50. The zero-order chi connectivity index (χ0) is 14.7. The average Bonchev–Trinajstić information content (AvgIpc) is 3.05. The highest BCUT2D eigenvalue weighted by Crippen LogP contribution is 2.24. The van der Waals surface area contributed by atoms with Crippen LogP contribution >= 0.6 is 0 Å². The molecule has 1 aliphatic rings. The lowest BCUT2D eigenvalue weighted by Gasteiger charge is -2.26. The minimum Gasteiger partial charge on any atom is -0.293 e. The molecule has 1 heterocycles. The fraction of sp³-hybridized carbons (Fsp3) is 0.421. The average molecular weight is 281 g/mol. The van der Waals surface area contributed by atoms with Gasteiger partial charge in [-0.1, -0.05) is 55.8 Å². The Bertz CT molecular complexity index is 623. The lowest BCUT2D eigenvalue weighted by Crippen LogP contribution is -2.39. The number of Topliss-reactive ketones (excluding diaryl/α,β-unsaturated/α-hetero) is 1. The molecule has 2 aromatic carbocycles. The lowest BCUT2D eigenvalue weighted by atomic mass is 9.94. The maximum atomic E-state index is 13.1. The number of hydrogen-bond donors (Lipinski definition) is 0. The van der Waals surface area contributed by atoms with Crippen LogP contribution in [0.4, 0.5) is 0 Å². The van der Waals surface area contributed by atoms with Crippen LogP contribution in [-0.4, -0.2) is 29.8 Å². The summed E-state index contributed by atoms with van der Waals surface area (Å²) >= 11 is 0. The molecule has 1 aliphatic heterocycles. The van der Waals surface area contributed by atoms with E-state index in [0.29, 0.717) is 5.78 Å². The summed E-state index contributed by atoms with van der Waals surface area (Å²) in [5.41, 5.74) is 0.887. The molecule has 0 aromatic heterocycles. The van der Waals surface area contributed by atoms with E-state index in [1.165, 1.54) is 12.8 Å². The van der Waals surface area contributed by atoms with Gasteiger partial charge in [0.1, 0.15) is 0 Å². The number of likely N-dealkylation sites (tertiary alicyclic amines) is 1. The van der Waals surface area contributed by atoms with E-state index in [4.69, 9.17) is 0 Å². The molecule has 2 heteroatoms. The van der Waals surface area contributed by atoms with Crippen molar-refractivity contribution >= 4 is 16.6 Å². The number of fused-ring (bicyclic) bond motifs is 1. The second-order valence-corrected chi connectivity index (χ2v) is 5.94. The Morgan fingerprint density at radius 3 is 2.57 bits per heavy atom. The van der Waals surface area contributed by atoms with Crippen LogP contribution in [0, 0.1) is 0 Å². The number of carbonyl (C=O) groups is 1. The number of nitrogens with zero attached hydrogens (tertiary/aromatic N) is 1. The van der Waals surface area contributed by atoms with Crippen LogP contribution in [-0.2, 0) is 0 Å². The zero-order valence-electron chi connectivity index (χ0n) is 12.7. The summed E-state index contributed by atoms with van der Waals surface area (Å²) in [6.45, 7) is 4.31. The second-order valence-electron chi connectivity index (χ2n) is 5.94. The van der Waals surface area contributed by atoms with Crippen molar-refractivity contribution in [1.29, 1.82) is 0 Å². The van der Waals surface area contributed by atoms with Crippen molar-refractivity contribution in [3.63, 3.8) is 0 Å². The van der Waals surface area contributed by atoms with Crippen molar-refractivity contribution < 1.29 is 4.79 Å². The normalized spacial score (nSPS) is 17.2. The molecule has 0 aliphatic carbocycles. The summed E-state index contributed by atoms with van der Waals surface area (Å²) in [6.07, 6.45) is 4.46. The van der Waals surface area contributed by atoms with Crippen LogP contribution in [0.2, 0.25) is 0 Å². The highest BCUT2D eigenvalue weighted by Gasteiger charge is 2.28. The molecule has 0 saturated carbocycles. The van der Waals surface area contributed by atoms with Gasteiger partial charge in [0.2, 0.25) is 0 Å². The molecule has 110 valence electrons. The number of benzene rings is 2. The molecule has 0 unspecified atom stereocenters. The Morgan fingerprint density at radius 1 is 1.10 bits per heavy atom. The number of ketones is 1. The summed E-state index contributed by atoms with van der Waals surface area (Å²) in [5, 5.41) is 2.24. The minimum atomic E-state index is 0.0586. The minimum absolute atomic E-state index is 0.0586. The predicted octanol–water partition coefficient (Wildman–Crippen LogP) is 4.29. The molecular weight excluding hydrogens is 258 g/mol. The van der Waals surface area contributed by atoms with Gasteiger partial charge in [0.05, 0.1) is 6.04 Å². The van der Waals surface area contributed by atoms with Crippen LogP contribution in [0.5, 0.6) is 0 Å². The molecule has 0 amide bonds. The molecule has 0 radical (unpaired) electrons. The molecule has 0 N–H and O–H groups in total. The predicted molar refractivity (Wildman–Crippen MR) is 87.8 cm³/mol. The van der Waals surface area contributed by atoms with Gasteiger partial charge in [0.25, 0.3) is 0 Å². The fourth-order valence-electron chi connectivity index (χ4n) is 3.43. The maximum Gasteiger partial charge on any atom is 0.180 e. The zero-order valence-corrected chi connectivity index (χ0v) is 12.7. The number of hydrogen-bond acceptors (Lipinski definition) is 2. The van der Waals surface area contributed by atoms with Gasteiger partial charge in [-0.05, 0) is 43.1 Å². The van der Waals surface area contributed by atoms with Crippen LogP contribution in [0.1, 0.15) is 43.0 Å². The monoisotopic (exact) mass is 281 g/mol. The van der Waals surface area contributed by atoms with Crippen molar-refractivity contribution in [2.75, 3.05) is 13.1 Å². The SMILES string of the molecule is CCC[C@H](C(=O)c1cccc2ccccc12)N1CCCC1. The molecule has 1 fully saturated rings. The van der Waals surface area contributed by atoms with Gasteiger partial charge in [-0.3, -0.25) is 9.69 Å². The Kier molecular flexibility index (Phi) is 4.35. The summed E-state index contributed by atoms with van der Waals surface area (Å²) < 4.78 is 0. The third-order valence-corrected chi connectivity index (χ3v) is 4.50. The van der Waals surface area contributed by atoms with E-state index >= 15 is 0 Å². The summed E-state index contributed by atoms with van der Waals surface area (Å²) in [4.78, 5) is 15.5. The third kappa shape index (κ3) is 2.86. The summed E-state index contributed by atoms with van der Waals surface area (Å²) in [7, 11) is 0. The largest absolute Gasteiger partial charge is 0.293 e. The molecule has 2 nitrogen and oxygen atoms in total. The van der Waals surface area contributed by atoms with Crippen molar-refractivity contribution in [3.8, 4) is 0 Å². The first-order chi connectivity index (χ1) is 10.3. The van der Waals surface area contributed by atoms with Gasteiger partial charge in [0.15, 0.2) is 5.78 Å². The van der Waals surface area contributed by atoms with E-state index in [1.807, 2.05) is 24.3 Å². The van der Waals surface area contributed by atoms with E-state index in [2.05, 4.69) is 30.0 Å². The first-order valence-electron chi connectivity index (χ1n) is 8.07. The van der Waals surface area contributed by atoms with Gasteiger partial charge in [-0.2, -0.15) is 0 Å². The smallest absolute Gasteiger partial charge is 0.180 e. The fourth-order valence-corrected chi connectivity index (χ4v) is 3.43. The van der Waals surface area contributed by atoms with Crippen molar-refractivity contribution in [2.45, 2.75) is 38.6 Å². The van der Waals surface area contributed by atoms with Crippen LogP contribution in [0.25, 0.3) is 10.8 Å². The molecule has 0 spiro atoms. The Balaban J connectivity index is 1.97. The number of carbonyl (C=O) groups excluding carboxylic acids is 1. The molecule has 2 aromatic rings. The molecule has 3 rings (SSSR count). The molecule has 21 heavy (non-hydrogen) atoms. The van der Waals surface area contributed by atoms with E-state index < -0.39 is 0 Å². The Hall–Kier alpha value is -1.67. The summed E-state index contributed by atoms with van der Waals surface area (Å²) in [6, 6.07) is 14.3. The van der Waals surface area contributed by atoms with Gasteiger partial charge in [-0.15, -0.1) is 0 Å². The van der Waals surface area contributed by atoms with E-state index in [1.54, 1.807) is 0 Å². The Labute approximate surface area is 126 Å². The molecule has 1 saturated heterocycles.